The highest BCUT2D eigenvalue weighted by Gasteiger charge is 2.21. The number of urea groups is 1. The lowest BCUT2D eigenvalue weighted by atomic mass is 10.0. The Balaban J connectivity index is 1.56. The molecule has 0 aliphatic carbocycles. The zero-order valence-corrected chi connectivity index (χ0v) is 16.2. The summed E-state index contributed by atoms with van der Waals surface area (Å²) in [7, 11) is 0. The SMILES string of the molecule is CC(=O)c1cccc(NC(=O)N2CCN(c3ccc(C(C)C)cc3)CC2)c1. The van der Waals surface area contributed by atoms with Crippen LogP contribution in [-0.2, 0) is 0 Å². The number of nitrogens with one attached hydrogen (secondary N) is 1. The zero-order chi connectivity index (χ0) is 19.4. The second-order valence-corrected chi connectivity index (χ2v) is 7.29. The first-order valence-electron chi connectivity index (χ1n) is 9.46. The number of carbonyl (C=O) groups is 2. The molecule has 142 valence electrons. The molecule has 27 heavy (non-hydrogen) atoms. The van der Waals surface area contributed by atoms with Gasteiger partial charge in [-0.15, -0.1) is 0 Å². The molecular weight excluding hydrogens is 338 g/mol. The molecule has 1 fully saturated rings. The summed E-state index contributed by atoms with van der Waals surface area (Å²) in [6.45, 7) is 8.86. The predicted octanol–water partition coefficient (Wildman–Crippen LogP) is 4.37. The van der Waals surface area contributed by atoms with Crippen LogP contribution in [0, 0.1) is 0 Å². The number of benzene rings is 2. The van der Waals surface area contributed by atoms with E-state index in [1.54, 1.807) is 24.3 Å². The van der Waals surface area contributed by atoms with Gasteiger partial charge in [0.25, 0.3) is 0 Å². The minimum atomic E-state index is -0.120. The van der Waals surface area contributed by atoms with Gasteiger partial charge in [0.1, 0.15) is 0 Å². The Hall–Kier alpha value is -2.82. The van der Waals surface area contributed by atoms with Gasteiger partial charge in [-0.2, -0.15) is 0 Å². The van der Waals surface area contributed by atoms with Crippen LogP contribution in [0.1, 0.15) is 42.6 Å². The molecule has 0 radical (unpaired) electrons. The van der Waals surface area contributed by atoms with E-state index in [1.807, 2.05) is 4.90 Å². The van der Waals surface area contributed by atoms with Gasteiger partial charge in [0, 0.05) is 43.1 Å². The average Bonchev–Trinajstić information content (AvgIpc) is 2.68. The fourth-order valence-electron chi connectivity index (χ4n) is 3.26. The molecule has 1 N–H and O–H groups in total. The summed E-state index contributed by atoms with van der Waals surface area (Å²) in [5.41, 5.74) is 3.79. The van der Waals surface area contributed by atoms with E-state index in [1.165, 1.54) is 18.2 Å². The molecule has 1 aliphatic rings. The van der Waals surface area contributed by atoms with E-state index in [0.29, 0.717) is 30.3 Å². The molecule has 0 aromatic heterocycles. The second-order valence-electron chi connectivity index (χ2n) is 7.29. The lowest BCUT2D eigenvalue weighted by molar-refractivity contribution is 0.101. The minimum Gasteiger partial charge on any atom is -0.368 e. The molecule has 0 saturated carbocycles. The van der Waals surface area contributed by atoms with Gasteiger partial charge in [-0.05, 0) is 42.7 Å². The Bertz CT molecular complexity index is 807. The number of hydrogen-bond donors (Lipinski definition) is 1. The van der Waals surface area contributed by atoms with E-state index >= 15 is 0 Å². The van der Waals surface area contributed by atoms with Crippen LogP contribution in [0.25, 0.3) is 0 Å². The standard InChI is InChI=1S/C22H27N3O2/c1-16(2)18-7-9-21(10-8-18)24-11-13-25(14-12-24)22(27)23-20-6-4-5-19(15-20)17(3)26/h4-10,15-16H,11-14H2,1-3H3,(H,23,27). The summed E-state index contributed by atoms with van der Waals surface area (Å²) in [5, 5.41) is 2.90. The van der Waals surface area contributed by atoms with E-state index < -0.39 is 0 Å². The molecule has 5 heteroatoms. The quantitative estimate of drug-likeness (QED) is 0.819. The highest BCUT2D eigenvalue weighted by atomic mass is 16.2. The van der Waals surface area contributed by atoms with Gasteiger partial charge in [0.15, 0.2) is 5.78 Å². The monoisotopic (exact) mass is 365 g/mol. The maximum Gasteiger partial charge on any atom is 0.321 e. The van der Waals surface area contributed by atoms with Crippen LogP contribution in [0.3, 0.4) is 0 Å². The fraction of sp³-hybridized carbons (Fsp3) is 0.364. The van der Waals surface area contributed by atoms with Gasteiger partial charge in [0.05, 0.1) is 0 Å². The van der Waals surface area contributed by atoms with Crippen molar-refractivity contribution < 1.29 is 9.59 Å². The lowest BCUT2D eigenvalue weighted by Gasteiger charge is -2.36. The van der Waals surface area contributed by atoms with Crippen molar-refractivity contribution in [2.45, 2.75) is 26.7 Å². The van der Waals surface area contributed by atoms with Crippen LogP contribution in [0.5, 0.6) is 0 Å². The smallest absolute Gasteiger partial charge is 0.321 e. The van der Waals surface area contributed by atoms with Crippen LogP contribution >= 0.6 is 0 Å². The molecule has 0 spiro atoms. The number of carbonyl (C=O) groups excluding carboxylic acids is 2. The first-order valence-corrected chi connectivity index (χ1v) is 9.46. The third kappa shape index (κ3) is 4.67. The van der Waals surface area contributed by atoms with Crippen molar-refractivity contribution in [2.75, 3.05) is 36.4 Å². The Morgan fingerprint density at radius 1 is 0.963 bits per heavy atom. The molecule has 0 atom stereocenters. The molecule has 1 heterocycles. The first-order chi connectivity index (χ1) is 12.9. The van der Waals surface area contributed by atoms with E-state index in [-0.39, 0.29) is 11.8 Å². The molecular formula is C22H27N3O2. The lowest BCUT2D eigenvalue weighted by Crippen LogP contribution is -2.50. The number of nitrogens with zero attached hydrogens (tertiary/aromatic N) is 2. The summed E-state index contributed by atoms with van der Waals surface area (Å²) in [5.74, 6) is 0.518. The number of ketones is 1. The molecule has 0 unspecified atom stereocenters. The van der Waals surface area contributed by atoms with Crippen LogP contribution < -0.4 is 10.2 Å². The fourth-order valence-corrected chi connectivity index (χ4v) is 3.26. The first kappa shape index (κ1) is 19.0. The molecule has 2 aromatic rings. The minimum absolute atomic E-state index is 0.0109. The Morgan fingerprint density at radius 2 is 1.63 bits per heavy atom. The van der Waals surface area contributed by atoms with Gasteiger partial charge in [-0.25, -0.2) is 4.79 Å². The van der Waals surface area contributed by atoms with Crippen LogP contribution in [0.4, 0.5) is 16.2 Å². The Kier molecular flexibility index (Phi) is 5.79. The third-order valence-electron chi connectivity index (χ3n) is 5.01. The summed E-state index contributed by atoms with van der Waals surface area (Å²) in [6, 6.07) is 15.6. The van der Waals surface area contributed by atoms with Crippen molar-refractivity contribution in [3.63, 3.8) is 0 Å². The highest BCUT2D eigenvalue weighted by molar-refractivity contribution is 5.96. The summed E-state index contributed by atoms with van der Waals surface area (Å²) in [6.07, 6.45) is 0. The average molecular weight is 365 g/mol. The Labute approximate surface area is 161 Å². The largest absolute Gasteiger partial charge is 0.368 e. The van der Waals surface area contributed by atoms with E-state index in [2.05, 4.69) is 48.3 Å². The zero-order valence-electron chi connectivity index (χ0n) is 16.2. The van der Waals surface area contributed by atoms with Crippen LogP contribution in [0.15, 0.2) is 48.5 Å². The normalized spacial score (nSPS) is 14.4. The maximum atomic E-state index is 12.5. The van der Waals surface area contributed by atoms with E-state index in [4.69, 9.17) is 0 Å². The number of rotatable bonds is 4. The molecule has 1 aliphatic heterocycles. The third-order valence-corrected chi connectivity index (χ3v) is 5.01. The van der Waals surface area contributed by atoms with Crippen molar-refractivity contribution in [3.8, 4) is 0 Å². The molecule has 2 aromatic carbocycles. The van der Waals surface area contributed by atoms with Crippen molar-refractivity contribution in [1.29, 1.82) is 0 Å². The summed E-state index contributed by atoms with van der Waals surface area (Å²) >= 11 is 0. The topological polar surface area (TPSA) is 52.7 Å². The summed E-state index contributed by atoms with van der Waals surface area (Å²) in [4.78, 5) is 28.1. The van der Waals surface area contributed by atoms with Crippen molar-refractivity contribution in [3.05, 3.63) is 59.7 Å². The maximum absolute atomic E-state index is 12.5. The van der Waals surface area contributed by atoms with Gasteiger partial charge in [0.2, 0.25) is 0 Å². The molecule has 2 amide bonds. The van der Waals surface area contributed by atoms with Gasteiger partial charge >= 0.3 is 6.03 Å². The number of piperazine rings is 1. The van der Waals surface area contributed by atoms with Crippen LogP contribution in [-0.4, -0.2) is 42.9 Å². The van der Waals surface area contributed by atoms with Gasteiger partial charge in [-0.1, -0.05) is 38.1 Å². The van der Waals surface area contributed by atoms with E-state index in [0.717, 1.165) is 13.1 Å². The van der Waals surface area contributed by atoms with Crippen molar-refractivity contribution in [1.82, 2.24) is 4.90 Å². The van der Waals surface area contributed by atoms with Crippen LogP contribution in [0.2, 0.25) is 0 Å². The van der Waals surface area contributed by atoms with Gasteiger partial charge in [-0.3, -0.25) is 4.79 Å². The number of Topliss-reactive ketones (excluding diaryl/α,β-unsaturated/α-hetero) is 1. The highest BCUT2D eigenvalue weighted by Crippen LogP contribution is 2.21. The van der Waals surface area contributed by atoms with Gasteiger partial charge < -0.3 is 15.1 Å². The van der Waals surface area contributed by atoms with E-state index in [9.17, 15) is 9.59 Å². The Morgan fingerprint density at radius 3 is 2.22 bits per heavy atom. The molecule has 5 nitrogen and oxygen atoms in total. The second kappa shape index (κ2) is 8.25. The summed E-state index contributed by atoms with van der Waals surface area (Å²) < 4.78 is 0. The molecule has 3 rings (SSSR count). The number of amides is 2. The van der Waals surface area contributed by atoms with Crippen molar-refractivity contribution in [2.24, 2.45) is 0 Å². The molecule has 1 saturated heterocycles. The molecule has 0 bridgehead atoms. The number of anilines is 2. The number of hydrogen-bond acceptors (Lipinski definition) is 3. The predicted molar refractivity (Wildman–Crippen MR) is 110 cm³/mol. The van der Waals surface area contributed by atoms with Crippen molar-refractivity contribution >= 4 is 23.2 Å².